The fraction of sp³-hybridized carbons (Fsp3) is 0.471. The van der Waals surface area contributed by atoms with E-state index in [1.54, 1.807) is 6.07 Å². The van der Waals surface area contributed by atoms with Crippen molar-refractivity contribution in [2.24, 2.45) is 0 Å². The van der Waals surface area contributed by atoms with Gasteiger partial charge in [0.05, 0.1) is 17.4 Å². The van der Waals surface area contributed by atoms with Crippen molar-refractivity contribution in [3.8, 4) is 0 Å². The molecule has 1 saturated heterocycles. The number of hydrogen-bond donors (Lipinski definition) is 2. The van der Waals surface area contributed by atoms with Crippen LogP contribution in [-0.2, 0) is 6.54 Å². The van der Waals surface area contributed by atoms with E-state index < -0.39 is 0 Å². The third-order valence-corrected chi connectivity index (χ3v) is 4.11. The van der Waals surface area contributed by atoms with E-state index in [0.717, 1.165) is 13.1 Å². The lowest BCUT2D eigenvalue weighted by Crippen LogP contribution is -2.52. The van der Waals surface area contributed by atoms with Gasteiger partial charge in [0, 0.05) is 32.2 Å². The van der Waals surface area contributed by atoms with E-state index in [4.69, 9.17) is 0 Å². The average Bonchev–Trinajstić information content (AvgIpc) is 2.55. The average molecular weight is 329 g/mol. The Labute approximate surface area is 140 Å². The number of aromatic amines is 1. The van der Waals surface area contributed by atoms with Gasteiger partial charge < -0.3 is 15.2 Å². The van der Waals surface area contributed by atoms with Crippen LogP contribution in [0.15, 0.2) is 29.1 Å². The third kappa shape index (κ3) is 3.73. The molecule has 1 aliphatic rings. The molecular weight excluding hydrogens is 306 g/mol. The molecule has 2 N–H and O–H groups in total. The van der Waals surface area contributed by atoms with Crippen molar-refractivity contribution in [2.45, 2.75) is 26.4 Å². The van der Waals surface area contributed by atoms with Gasteiger partial charge in [-0.15, -0.1) is 0 Å². The standard InChI is InChI=1S/C17H23N5O2/c1-12(2)18-17(24)22-9-7-21(8-10-22)11-15-19-14-6-4-3-5-13(14)16(23)20-15/h3-6,12H,7-11H2,1-2H3,(H,18,24)(H,19,20,23). The Hall–Kier alpha value is -2.41. The predicted octanol–water partition coefficient (Wildman–Crippen LogP) is 1.16. The molecule has 1 aromatic carbocycles. The summed E-state index contributed by atoms with van der Waals surface area (Å²) >= 11 is 0. The summed E-state index contributed by atoms with van der Waals surface area (Å²) in [7, 11) is 0. The van der Waals surface area contributed by atoms with Gasteiger partial charge in [-0.1, -0.05) is 12.1 Å². The van der Waals surface area contributed by atoms with Crippen molar-refractivity contribution >= 4 is 16.9 Å². The molecule has 2 amide bonds. The van der Waals surface area contributed by atoms with Crippen molar-refractivity contribution in [3.63, 3.8) is 0 Å². The zero-order valence-corrected chi connectivity index (χ0v) is 14.1. The van der Waals surface area contributed by atoms with Crippen LogP contribution in [0, 0.1) is 0 Å². The molecule has 7 nitrogen and oxygen atoms in total. The molecule has 1 aromatic heterocycles. The van der Waals surface area contributed by atoms with Crippen LogP contribution in [0.5, 0.6) is 0 Å². The number of piperazine rings is 1. The van der Waals surface area contributed by atoms with Gasteiger partial charge in [0.2, 0.25) is 0 Å². The molecule has 24 heavy (non-hydrogen) atoms. The summed E-state index contributed by atoms with van der Waals surface area (Å²) in [5.74, 6) is 0.666. The van der Waals surface area contributed by atoms with Crippen molar-refractivity contribution in [2.75, 3.05) is 26.2 Å². The second-order valence-electron chi connectivity index (χ2n) is 6.40. The molecule has 0 bridgehead atoms. The number of amides is 2. The Kier molecular flexibility index (Phi) is 4.80. The summed E-state index contributed by atoms with van der Waals surface area (Å²) in [5.41, 5.74) is 0.608. The molecule has 0 aliphatic carbocycles. The molecule has 7 heteroatoms. The number of nitrogens with one attached hydrogen (secondary N) is 2. The molecule has 0 radical (unpaired) electrons. The molecule has 1 aliphatic heterocycles. The second kappa shape index (κ2) is 7.00. The maximum atomic E-state index is 12.1. The maximum absolute atomic E-state index is 12.1. The van der Waals surface area contributed by atoms with Gasteiger partial charge in [0.25, 0.3) is 5.56 Å². The second-order valence-corrected chi connectivity index (χ2v) is 6.40. The van der Waals surface area contributed by atoms with Gasteiger partial charge in [0.1, 0.15) is 5.82 Å². The number of rotatable bonds is 3. The van der Waals surface area contributed by atoms with E-state index in [-0.39, 0.29) is 17.6 Å². The number of carbonyl (C=O) groups is 1. The minimum absolute atomic E-state index is 0.0121. The Bertz CT molecular complexity index is 778. The number of benzene rings is 1. The molecule has 0 saturated carbocycles. The summed E-state index contributed by atoms with van der Waals surface area (Å²) in [6.45, 7) is 7.38. The third-order valence-electron chi connectivity index (χ3n) is 4.11. The summed E-state index contributed by atoms with van der Waals surface area (Å²) < 4.78 is 0. The van der Waals surface area contributed by atoms with Gasteiger partial charge in [-0.2, -0.15) is 0 Å². The first-order chi connectivity index (χ1) is 11.5. The van der Waals surface area contributed by atoms with Crippen molar-refractivity contribution in [1.29, 1.82) is 0 Å². The number of carbonyl (C=O) groups excluding carboxylic acids is 1. The van der Waals surface area contributed by atoms with Crippen LogP contribution in [-0.4, -0.2) is 58.0 Å². The molecule has 0 unspecified atom stereocenters. The lowest BCUT2D eigenvalue weighted by molar-refractivity contribution is 0.132. The van der Waals surface area contributed by atoms with Crippen LogP contribution in [0.3, 0.4) is 0 Å². The van der Waals surface area contributed by atoms with E-state index in [9.17, 15) is 9.59 Å². The SMILES string of the molecule is CC(C)NC(=O)N1CCN(Cc2nc3ccccc3c(=O)[nH]2)CC1. The molecule has 2 aromatic rings. The van der Waals surface area contributed by atoms with Crippen LogP contribution in [0.25, 0.3) is 10.9 Å². The van der Waals surface area contributed by atoms with Gasteiger partial charge in [-0.05, 0) is 26.0 Å². The maximum Gasteiger partial charge on any atom is 0.317 e. The fourth-order valence-electron chi connectivity index (χ4n) is 2.87. The van der Waals surface area contributed by atoms with Crippen molar-refractivity contribution in [3.05, 3.63) is 40.4 Å². The first kappa shape index (κ1) is 16.4. The van der Waals surface area contributed by atoms with Crippen molar-refractivity contribution in [1.82, 2.24) is 25.1 Å². The van der Waals surface area contributed by atoms with E-state index in [1.165, 1.54) is 0 Å². The highest BCUT2D eigenvalue weighted by atomic mass is 16.2. The van der Waals surface area contributed by atoms with Crippen LogP contribution in [0.1, 0.15) is 19.7 Å². The number of hydrogen-bond acceptors (Lipinski definition) is 4. The molecule has 0 atom stereocenters. The number of urea groups is 1. The van der Waals surface area contributed by atoms with Crippen LogP contribution < -0.4 is 10.9 Å². The van der Waals surface area contributed by atoms with E-state index in [0.29, 0.717) is 36.4 Å². The van der Waals surface area contributed by atoms with Crippen molar-refractivity contribution < 1.29 is 4.79 Å². The molecule has 0 spiro atoms. The first-order valence-electron chi connectivity index (χ1n) is 8.28. The molecule has 1 fully saturated rings. The Morgan fingerprint density at radius 2 is 1.96 bits per heavy atom. The lowest BCUT2D eigenvalue weighted by atomic mass is 10.2. The summed E-state index contributed by atoms with van der Waals surface area (Å²) in [6, 6.07) is 7.47. The highest BCUT2D eigenvalue weighted by molar-refractivity contribution is 5.77. The number of para-hydroxylation sites is 1. The predicted molar refractivity (Wildman–Crippen MR) is 92.9 cm³/mol. The van der Waals surface area contributed by atoms with Gasteiger partial charge in [0.15, 0.2) is 0 Å². The molecule has 128 valence electrons. The number of H-pyrrole nitrogens is 1. The number of aromatic nitrogens is 2. The molecule has 2 heterocycles. The Morgan fingerprint density at radius 1 is 1.25 bits per heavy atom. The Balaban J connectivity index is 1.62. The molecule has 3 rings (SSSR count). The summed E-state index contributed by atoms with van der Waals surface area (Å²) in [6.07, 6.45) is 0. The minimum Gasteiger partial charge on any atom is -0.336 e. The summed E-state index contributed by atoms with van der Waals surface area (Å²) in [5, 5.41) is 3.52. The van der Waals surface area contributed by atoms with Crippen LogP contribution in [0.2, 0.25) is 0 Å². The van der Waals surface area contributed by atoms with Gasteiger partial charge in [-0.25, -0.2) is 9.78 Å². The van der Waals surface area contributed by atoms with Crippen LogP contribution in [0.4, 0.5) is 4.79 Å². The Morgan fingerprint density at radius 3 is 2.67 bits per heavy atom. The smallest absolute Gasteiger partial charge is 0.317 e. The number of nitrogens with zero attached hydrogens (tertiary/aromatic N) is 3. The fourth-order valence-corrected chi connectivity index (χ4v) is 2.87. The van der Waals surface area contributed by atoms with E-state index in [2.05, 4.69) is 20.2 Å². The quantitative estimate of drug-likeness (QED) is 0.885. The lowest BCUT2D eigenvalue weighted by Gasteiger charge is -2.34. The summed E-state index contributed by atoms with van der Waals surface area (Å²) in [4.78, 5) is 35.5. The van der Waals surface area contributed by atoms with E-state index >= 15 is 0 Å². The van der Waals surface area contributed by atoms with E-state index in [1.807, 2.05) is 36.9 Å². The highest BCUT2D eigenvalue weighted by Crippen LogP contribution is 2.09. The van der Waals surface area contributed by atoms with Crippen LogP contribution >= 0.6 is 0 Å². The molecular formula is C17H23N5O2. The number of fused-ring (bicyclic) bond motifs is 1. The largest absolute Gasteiger partial charge is 0.336 e. The minimum atomic E-state index is -0.106. The zero-order valence-electron chi connectivity index (χ0n) is 14.1. The monoisotopic (exact) mass is 329 g/mol. The van der Waals surface area contributed by atoms with Gasteiger partial charge in [-0.3, -0.25) is 9.69 Å². The normalized spacial score (nSPS) is 15.9. The first-order valence-corrected chi connectivity index (χ1v) is 8.28. The van der Waals surface area contributed by atoms with Gasteiger partial charge >= 0.3 is 6.03 Å². The topological polar surface area (TPSA) is 81.3 Å². The highest BCUT2D eigenvalue weighted by Gasteiger charge is 2.22. The zero-order chi connectivity index (χ0) is 17.1.